The number of nitriles is 1. The molecule has 2 rings (SSSR count). The lowest BCUT2D eigenvalue weighted by molar-refractivity contribution is -0.172. The first-order valence-corrected chi connectivity index (χ1v) is 8.72. The summed E-state index contributed by atoms with van der Waals surface area (Å²) in [6.45, 7) is 1.14. The number of nitrogens with zero attached hydrogens (tertiary/aromatic N) is 3. The van der Waals surface area contributed by atoms with Gasteiger partial charge in [-0.3, -0.25) is 4.98 Å². The third kappa shape index (κ3) is 4.38. The second kappa shape index (κ2) is 8.12. The maximum absolute atomic E-state index is 13.7. The van der Waals surface area contributed by atoms with Gasteiger partial charge in [-0.25, -0.2) is 12.9 Å². The normalized spacial score (nSPS) is 14.1. The molecular weight excluding hydrogens is 394 g/mol. The van der Waals surface area contributed by atoms with Gasteiger partial charge in [-0.2, -0.15) is 18.4 Å². The molecule has 2 unspecified atom stereocenters. The molecule has 10 heteroatoms. The molecule has 26 heavy (non-hydrogen) atoms. The lowest BCUT2D eigenvalue weighted by atomic mass is 10.1. The van der Waals surface area contributed by atoms with Gasteiger partial charge in [0.1, 0.15) is 28.9 Å². The Balaban J connectivity index is 2.52. The molecule has 2 atom stereocenters. The summed E-state index contributed by atoms with van der Waals surface area (Å²) in [5.74, 6) is -1.01. The van der Waals surface area contributed by atoms with E-state index in [-0.39, 0.29) is 22.0 Å². The largest absolute Gasteiger partial charge is 0.409 e. The van der Waals surface area contributed by atoms with E-state index in [1.54, 1.807) is 6.07 Å². The molecule has 0 spiro atoms. The van der Waals surface area contributed by atoms with Crippen molar-refractivity contribution >= 4 is 22.6 Å². The maximum Gasteiger partial charge on any atom is 0.409 e. The smallest absolute Gasteiger partial charge is 0.262 e. The molecule has 0 saturated carbocycles. The van der Waals surface area contributed by atoms with Crippen molar-refractivity contribution in [2.75, 3.05) is 6.54 Å². The Morgan fingerprint density at radius 3 is 2.58 bits per heavy atom. The fraction of sp³-hybridized carbons (Fsp3) is 0.250. The van der Waals surface area contributed by atoms with Crippen molar-refractivity contribution in [3.8, 4) is 6.07 Å². The Hall–Kier alpha value is -2.02. The highest BCUT2D eigenvalue weighted by atomic mass is 35.5. The molecule has 1 aromatic heterocycles. The summed E-state index contributed by atoms with van der Waals surface area (Å²) in [7, 11) is -2.28. The van der Waals surface area contributed by atoms with Crippen molar-refractivity contribution in [1.29, 1.82) is 5.26 Å². The van der Waals surface area contributed by atoms with E-state index in [0.717, 1.165) is 18.3 Å². The van der Waals surface area contributed by atoms with Crippen molar-refractivity contribution in [1.82, 2.24) is 9.29 Å². The van der Waals surface area contributed by atoms with E-state index >= 15 is 0 Å². The first-order chi connectivity index (χ1) is 12.2. The Labute approximate surface area is 154 Å². The van der Waals surface area contributed by atoms with Crippen LogP contribution in [0.15, 0.2) is 41.6 Å². The van der Waals surface area contributed by atoms with Crippen LogP contribution in [0.5, 0.6) is 0 Å². The fourth-order valence-corrected chi connectivity index (χ4v) is 3.74. The van der Waals surface area contributed by atoms with Crippen molar-refractivity contribution in [3.63, 3.8) is 0 Å². The lowest BCUT2D eigenvalue weighted by Crippen LogP contribution is -2.39. The average molecular weight is 406 g/mol. The van der Waals surface area contributed by atoms with Crippen molar-refractivity contribution in [2.24, 2.45) is 0 Å². The summed E-state index contributed by atoms with van der Waals surface area (Å²) in [5.41, 5.74) is -0.369. The minimum atomic E-state index is -4.83. The lowest BCUT2D eigenvalue weighted by Gasteiger charge is -2.31. The van der Waals surface area contributed by atoms with Crippen LogP contribution < -0.4 is 0 Å². The van der Waals surface area contributed by atoms with E-state index < -0.39 is 34.6 Å². The number of hydrogen-bond donors (Lipinski definition) is 0. The number of aromatic nitrogens is 1. The molecule has 0 N–H and O–H groups in total. The molecule has 0 saturated heterocycles. The minimum absolute atomic E-state index is 0.0606. The Morgan fingerprint density at radius 2 is 2.04 bits per heavy atom. The van der Waals surface area contributed by atoms with Crippen LogP contribution in [0.3, 0.4) is 0 Å². The molecule has 138 valence electrons. The monoisotopic (exact) mass is 405 g/mol. The van der Waals surface area contributed by atoms with E-state index in [0.29, 0.717) is 10.4 Å². The summed E-state index contributed by atoms with van der Waals surface area (Å²) in [4.78, 5) is 3.65. The van der Waals surface area contributed by atoms with E-state index in [4.69, 9.17) is 16.9 Å². The topological polar surface area (TPSA) is 57.0 Å². The van der Waals surface area contributed by atoms with Crippen molar-refractivity contribution < 1.29 is 21.8 Å². The van der Waals surface area contributed by atoms with Crippen LogP contribution in [0, 0.1) is 17.1 Å². The highest BCUT2D eigenvalue weighted by Gasteiger charge is 2.46. The number of alkyl halides is 3. The molecule has 0 fully saturated rings. The van der Waals surface area contributed by atoms with Gasteiger partial charge in [-0.05, 0) is 23.8 Å². The van der Waals surface area contributed by atoms with Crippen molar-refractivity contribution in [3.05, 3.63) is 58.6 Å². The minimum Gasteiger partial charge on any atom is -0.262 e. The second-order valence-corrected chi connectivity index (χ2v) is 6.97. The van der Waals surface area contributed by atoms with Crippen LogP contribution in [0.4, 0.5) is 17.6 Å². The third-order valence-corrected chi connectivity index (χ3v) is 5.25. The third-order valence-electron chi connectivity index (χ3n) is 3.43. The summed E-state index contributed by atoms with van der Waals surface area (Å²) in [6, 6.07) is 3.37. The molecule has 0 amide bonds. The van der Waals surface area contributed by atoms with Crippen LogP contribution in [0.1, 0.15) is 24.1 Å². The van der Waals surface area contributed by atoms with Gasteiger partial charge in [-0.15, -0.1) is 0 Å². The number of pyridine rings is 1. The maximum atomic E-state index is 13.7. The van der Waals surface area contributed by atoms with E-state index in [1.165, 1.54) is 19.2 Å². The first-order valence-electron chi connectivity index (χ1n) is 7.24. The van der Waals surface area contributed by atoms with Crippen LogP contribution in [0.25, 0.3) is 0 Å². The van der Waals surface area contributed by atoms with Crippen LogP contribution in [-0.2, 0) is 11.0 Å². The van der Waals surface area contributed by atoms with E-state index in [1.807, 2.05) is 0 Å². The SMILES string of the molecule is CCN(C(c1ccc(Cl)c(F)c1)C(F)(F)F)S(=O)c1cncc(C#N)c1. The van der Waals surface area contributed by atoms with E-state index in [2.05, 4.69) is 4.98 Å². The average Bonchev–Trinajstić information content (AvgIpc) is 2.60. The number of rotatable bonds is 5. The van der Waals surface area contributed by atoms with Gasteiger partial charge >= 0.3 is 6.18 Å². The molecule has 0 bridgehead atoms. The molecule has 0 aliphatic heterocycles. The molecular formula is C16H12ClF4N3OS. The molecule has 0 aliphatic rings. The predicted molar refractivity (Wildman–Crippen MR) is 87.9 cm³/mol. The Morgan fingerprint density at radius 1 is 1.35 bits per heavy atom. The number of hydrogen-bond acceptors (Lipinski definition) is 3. The number of halogens is 5. The predicted octanol–water partition coefficient (Wildman–Crippen LogP) is 4.39. The van der Waals surface area contributed by atoms with Crippen molar-refractivity contribution in [2.45, 2.75) is 24.0 Å². The zero-order chi connectivity index (χ0) is 19.5. The molecule has 4 nitrogen and oxygen atoms in total. The van der Waals surface area contributed by atoms with E-state index in [9.17, 15) is 21.8 Å². The second-order valence-electron chi connectivity index (χ2n) is 5.12. The highest BCUT2D eigenvalue weighted by molar-refractivity contribution is 7.82. The Bertz CT molecular complexity index is 869. The van der Waals surface area contributed by atoms with Gasteiger partial charge in [0.05, 0.1) is 15.5 Å². The Kier molecular flexibility index (Phi) is 6.34. The molecule has 0 aliphatic carbocycles. The summed E-state index contributed by atoms with van der Waals surface area (Å²) >= 11 is 5.54. The number of benzene rings is 1. The molecule has 1 heterocycles. The standard InChI is InChI=1S/C16H12ClF4N3OS/c1-2-24(26(25)12-5-10(7-22)8-23-9-12)15(16(19,20)21)11-3-4-13(17)14(18)6-11/h3-6,8-9,15H,2H2,1H3. The summed E-state index contributed by atoms with van der Waals surface area (Å²) < 4.78 is 68.1. The summed E-state index contributed by atoms with van der Waals surface area (Å²) in [6.07, 6.45) is -2.51. The molecule has 0 radical (unpaired) electrons. The zero-order valence-corrected chi connectivity index (χ0v) is 14.9. The van der Waals surface area contributed by atoms with Gasteiger partial charge in [0, 0.05) is 18.9 Å². The molecule has 1 aromatic carbocycles. The van der Waals surface area contributed by atoms with Gasteiger partial charge in [0.2, 0.25) is 0 Å². The van der Waals surface area contributed by atoms with Crippen LogP contribution in [0.2, 0.25) is 5.02 Å². The quantitative estimate of drug-likeness (QED) is 0.693. The highest BCUT2D eigenvalue weighted by Crippen LogP contribution is 2.40. The summed E-state index contributed by atoms with van der Waals surface area (Å²) in [5, 5.41) is 8.56. The van der Waals surface area contributed by atoms with Gasteiger partial charge < -0.3 is 0 Å². The van der Waals surface area contributed by atoms with Crippen LogP contribution in [-0.4, -0.2) is 26.2 Å². The molecule has 2 aromatic rings. The fourth-order valence-electron chi connectivity index (χ4n) is 2.31. The zero-order valence-electron chi connectivity index (χ0n) is 13.3. The first kappa shape index (κ1) is 20.3. The van der Waals surface area contributed by atoms with Crippen LogP contribution >= 0.6 is 11.6 Å². The van der Waals surface area contributed by atoms with Gasteiger partial charge in [0.25, 0.3) is 0 Å². The van der Waals surface area contributed by atoms with Gasteiger partial charge in [0.15, 0.2) is 0 Å². The van der Waals surface area contributed by atoms with Gasteiger partial charge in [-0.1, -0.05) is 24.6 Å².